The number of alkyl halides is 3. The molecule has 0 saturated carbocycles. The second kappa shape index (κ2) is 4.28. The third kappa shape index (κ3) is 3.15. The number of rotatable bonds is 2. The molecule has 13 heavy (non-hydrogen) atoms. The van der Waals surface area contributed by atoms with Crippen LogP contribution in [0.5, 0.6) is 0 Å². The van der Waals surface area contributed by atoms with Crippen LogP contribution < -0.4 is 5.32 Å². The van der Waals surface area contributed by atoms with Crippen molar-refractivity contribution in [3.05, 3.63) is 0 Å². The molecule has 1 aliphatic heterocycles. The number of aliphatic hydroxyl groups excluding tert-OH is 1. The lowest BCUT2D eigenvalue weighted by atomic mass is 9.93. The van der Waals surface area contributed by atoms with Gasteiger partial charge in [-0.15, -0.1) is 0 Å². The zero-order chi connectivity index (χ0) is 9.90. The molecule has 5 heteroatoms. The number of piperidine rings is 1. The van der Waals surface area contributed by atoms with Gasteiger partial charge >= 0.3 is 6.18 Å². The number of hydrogen-bond donors (Lipinski definition) is 2. The molecule has 2 nitrogen and oxygen atoms in total. The molecular weight excluding hydrogens is 183 g/mol. The molecule has 0 unspecified atom stereocenters. The highest BCUT2D eigenvalue weighted by Gasteiger charge is 2.41. The van der Waals surface area contributed by atoms with Crippen LogP contribution >= 0.6 is 0 Å². The van der Waals surface area contributed by atoms with Crippen molar-refractivity contribution in [2.75, 3.05) is 13.2 Å². The number of nitrogens with one attached hydrogen (secondary N) is 1. The smallest absolute Gasteiger partial charge is 0.393 e. The Kier molecular flexibility index (Phi) is 3.55. The van der Waals surface area contributed by atoms with E-state index in [2.05, 4.69) is 5.32 Å². The van der Waals surface area contributed by atoms with Crippen LogP contribution in [0.1, 0.15) is 19.3 Å². The highest BCUT2D eigenvalue weighted by Crippen LogP contribution is 2.32. The Morgan fingerprint density at radius 1 is 1.31 bits per heavy atom. The Hall–Kier alpha value is -0.290. The third-order valence-corrected chi connectivity index (χ3v) is 2.46. The maximum Gasteiger partial charge on any atom is 0.393 e. The summed E-state index contributed by atoms with van der Waals surface area (Å²) in [4.78, 5) is 0. The van der Waals surface area contributed by atoms with E-state index >= 15 is 0 Å². The zero-order valence-electron chi connectivity index (χ0n) is 7.27. The summed E-state index contributed by atoms with van der Waals surface area (Å²) in [5.41, 5.74) is 0. The van der Waals surface area contributed by atoms with E-state index in [0.29, 0.717) is 12.8 Å². The van der Waals surface area contributed by atoms with E-state index < -0.39 is 12.1 Å². The monoisotopic (exact) mass is 197 g/mol. The summed E-state index contributed by atoms with van der Waals surface area (Å²) in [5, 5.41) is 11.4. The van der Waals surface area contributed by atoms with Crippen LogP contribution in [0, 0.1) is 5.92 Å². The van der Waals surface area contributed by atoms with Crippen molar-refractivity contribution in [1.82, 2.24) is 5.32 Å². The van der Waals surface area contributed by atoms with Gasteiger partial charge in [0, 0.05) is 19.2 Å². The Balaban J connectivity index is 2.30. The van der Waals surface area contributed by atoms with Crippen LogP contribution in [0.4, 0.5) is 13.2 Å². The van der Waals surface area contributed by atoms with Crippen molar-refractivity contribution in [1.29, 1.82) is 0 Å². The Bertz CT molecular complexity index is 152. The molecule has 2 atom stereocenters. The molecular formula is C8H14F3NO. The van der Waals surface area contributed by atoms with Gasteiger partial charge in [0.2, 0.25) is 0 Å². The molecule has 0 aromatic carbocycles. The zero-order valence-corrected chi connectivity index (χ0v) is 7.27. The van der Waals surface area contributed by atoms with Gasteiger partial charge < -0.3 is 10.4 Å². The van der Waals surface area contributed by atoms with Crippen LogP contribution in [-0.2, 0) is 0 Å². The summed E-state index contributed by atoms with van der Waals surface area (Å²) in [5.74, 6) is -1.21. The van der Waals surface area contributed by atoms with Crippen molar-refractivity contribution in [2.45, 2.75) is 31.5 Å². The highest BCUT2D eigenvalue weighted by atomic mass is 19.4. The van der Waals surface area contributed by atoms with E-state index in [1.165, 1.54) is 0 Å². The van der Waals surface area contributed by atoms with Gasteiger partial charge in [-0.2, -0.15) is 13.2 Å². The standard InChI is InChI=1S/C8H14F3NO/c9-8(10,11)6-1-2-7(3-4-13)12-5-6/h6-7,12-13H,1-5H2/t6-,7-/m0/s1. The van der Waals surface area contributed by atoms with E-state index in [9.17, 15) is 13.2 Å². The summed E-state index contributed by atoms with van der Waals surface area (Å²) in [6.45, 7) is 0.0303. The maximum absolute atomic E-state index is 12.2. The van der Waals surface area contributed by atoms with E-state index in [0.717, 1.165) is 0 Å². The molecule has 1 fully saturated rings. The van der Waals surface area contributed by atoms with Crippen LogP contribution in [0.25, 0.3) is 0 Å². The van der Waals surface area contributed by atoms with Crippen molar-refractivity contribution in [3.63, 3.8) is 0 Å². The first-order valence-corrected chi connectivity index (χ1v) is 4.45. The molecule has 0 spiro atoms. The van der Waals surface area contributed by atoms with Gasteiger partial charge in [-0.1, -0.05) is 0 Å². The fraction of sp³-hybridized carbons (Fsp3) is 1.00. The molecule has 0 amide bonds. The van der Waals surface area contributed by atoms with Crippen LogP contribution in [0.3, 0.4) is 0 Å². The summed E-state index contributed by atoms with van der Waals surface area (Å²) >= 11 is 0. The van der Waals surface area contributed by atoms with Gasteiger partial charge in [0.05, 0.1) is 5.92 Å². The summed E-state index contributed by atoms with van der Waals surface area (Å²) < 4.78 is 36.5. The fourth-order valence-electron chi connectivity index (χ4n) is 1.60. The minimum Gasteiger partial charge on any atom is -0.396 e. The first-order chi connectivity index (χ1) is 6.04. The average molecular weight is 197 g/mol. The Morgan fingerprint density at radius 3 is 2.38 bits per heavy atom. The summed E-state index contributed by atoms with van der Waals surface area (Å²) in [6, 6.07) is 0.0589. The molecule has 0 aromatic heterocycles. The molecule has 1 rings (SSSR count). The molecule has 0 radical (unpaired) electrons. The lowest BCUT2D eigenvalue weighted by molar-refractivity contribution is -0.179. The molecule has 0 bridgehead atoms. The third-order valence-electron chi connectivity index (χ3n) is 2.46. The average Bonchev–Trinajstić information content (AvgIpc) is 2.04. The molecule has 1 heterocycles. The second-order valence-electron chi connectivity index (χ2n) is 3.43. The Morgan fingerprint density at radius 2 is 2.00 bits per heavy atom. The molecule has 1 saturated heterocycles. The van der Waals surface area contributed by atoms with E-state index in [1.807, 2.05) is 0 Å². The SMILES string of the molecule is OCC[C@@H]1CC[C@H](C(F)(F)F)CN1. The molecule has 0 aliphatic carbocycles. The van der Waals surface area contributed by atoms with Gasteiger partial charge in [-0.25, -0.2) is 0 Å². The number of halogens is 3. The largest absolute Gasteiger partial charge is 0.396 e. The lowest BCUT2D eigenvalue weighted by Crippen LogP contribution is -2.44. The first kappa shape index (κ1) is 10.8. The van der Waals surface area contributed by atoms with E-state index in [1.54, 1.807) is 0 Å². The van der Waals surface area contributed by atoms with Crippen LogP contribution in [-0.4, -0.2) is 30.5 Å². The normalized spacial score (nSPS) is 30.5. The number of aliphatic hydroxyl groups is 1. The minimum absolute atomic E-state index is 0.00579. The molecule has 78 valence electrons. The van der Waals surface area contributed by atoms with Gasteiger partial charge in [-0.05, 0) is 19.3 Å². The fourth-order valence-corrected chi connectivity index (χ4v) is 1.60. The lowest BCUT2D eigenvalue weighted by Gasteiger charge is -2.30. The predicted octanol–water partition coefficient (Wildman–Crippen LogP) is 1.30. The van der Waals surface area contributed by atoms with Crippen molar-refractivity contribution in [2.24, 2.45) is 5.92 Å². The summed E-state index contributed by atoms with van der Waals surface area (Å²) in [6.07, 6.45) is -2.84. The molecule has 2 N–H and O–H groups in total. The first-order valence-electron chi connectivity index (χ1n) is 4.45. The van der Waals surface area contributed by atoms with Gasteiger partial charge in [0.1, 0.15) is 0 Å². The van der Waals surface area contributed by atoms with E-state index in [-0.39, 0.29) is 25.6 Å². The van der Waals surface area contributed by atoms with Crippen LogP contribution in [0.15, 0.2) is 0 Å². The Labute approximate surface area is 75.1 Å². The van der Waals surface area contributed by atoms with Crippen LogP contribution in [0.2, 0.25) is 0 Å². The van der Waals surface area contributed by atoms with Crippen molar-refractivity contribution >= 4 is 0 Å². The highest BCUT2D eigenvalue weighted by molar-refractivity contribution is 4.81. The topological polar surface area (TPSA) is 32.3 Å². The predicted molar refractivity (Wildman–Crippen MR) is 42.3 cm³/mol. The van der Waals surface area contributed by atoms with Crippen molar-refractivity contribution in [3.8, 4) is 0 Å². The maximum atomic E-state index is 12.2. The quantitative estimate of drug-likeness (QED) is 0.699. The second-order valence-corrected chi connectivity index (χ2v) is 3.43. The van der Waals surface area contributed by atoms with Crippen molar-refractivity contribution < 1.29 is 18.3 Å². The van der Waals surface area contributed by atoms with Gasteiger partial charge in [0.15, 0.2) is 0 Å². The minimum atomic E-state index is -4.07. The van der Waals surface area contributed by atoms with Gasteiger partial charge in [-0.3, -0.25) is 0 Å². The molecule has 0 aromatic rings. The molecule has 1 aliphatic rings. The van der Waals surface area contributed by atoms with Gasteiger partial charge in [0.25, 0.3) is 0 Å². The summed E-state index contributed by atoms with van der Waals surface area (Å²) in [7, 11) is 0. The number of hydrogen-bond acceptors (Lipinski definition) is 2. The van der Waals surface area contributed by atoms with E-state index in [4.69, 9.17) is 5.11 Å².